The Bertz CT molecular complexity index is 1240. The van der Waals surface area contributed by atoms with Gasteiger partial charge in [-0.15, -0.1) is 0 Å². The predicted octanol–water partition coefficient (Wildman–Crippen LogP) is 1.89. The van der Waals surface area contributed by atoms with Gasteiger partial charge in [-0.3, -0.25) is 4.79 Å². The first-order valence-corrected chi connectivity index (χ1v) is 10.9. The molecule has 0 atom stereocenters. The second-order valence-corrected chi connectivity index (χ2v) is 7.87. The molecule has 34 heavy (non-hydrogen) atoms. The molecule has 0 N–H and O–H groups in total. The van der Waals surface area contributed by atoms with Crippen molar-refractivity contribution in [2.24, 2.45) is 0 Å². The zero-order valence-corrected chi connectivity index (χ0v) is 21.2. The Hall–Kier alpha value is -3.18. The number of carbonyl (C=O) groups is 2. The maximum absolute atomic E-state index is 13.2. The summed E-state index contributed by atoms with van der Waals surface area (Å²) in [5, 5.41) is 11.2. The molecule has 0 aliphatic rings. The van der Waals surface area contributed by atoms with Crippen molar-refractivity contribution in [1.29, 1.82) is 0 Å². The smallest absolute Gasteiger partial charge is 0.545 e. The van der Waals surface area contributed by atoms with E-state index in [1.165, 1.54) is 6.07 Å². The molecule has 0 bridgehead atoms. The fourth-order valence-electron chi connectivity index (χ4n) is 3.82. The number of carboxylic acid groups (broad SMARTS) is 1. The van der Waals surface area contributed by atoms with Gasteiger partial charge in [-0.05, 0) is 58.5 Å². The Labute approximate surface area is 222 Å². The summed E-state index contributed by atoms with van der Waals surface area (Å²) in [6.45, 7) is 0.422. The number of anilines is 1. The van der Waals surface area contributed by atoms with Crippen LogP contribution in [0.5, 0.6) is 0 Å². The van der Waals surface area contributed by atoms with Crippen LogP contribution in [0.4, 0.5) is 5.69 Å². The van der Waals surface area contributed by atoms with Gasteiger partial charge >= 0.3 is 29.6 Å². The number of carbonyl (C=O) groups excluding carboxylic acids is 2. The molecule has 5 heteroatoms. The molecular formula is C29H24NNaO3. The van der Waals surface area contributed by atoms with Gasteiger partial charge in [0.05, 0.1) is 12.5 Å². The van der Waals surface area contributed by atoms with E-state index in [0.717, 1.165) is 27.9 Å². The van der Waals surface area contributed by atoms with Gasteiger partial charge in [0.2, 0.25) is 5.91 Å². The molecule has 0 aromatic heterocycles. The molecule has 0 heterocycles. The summed E-state index contributed by atoms with van der Waals surface area (Å²) in [5.74, 6) is -1.15. The van der Waals surface area contributed by atoms with Crippen molar-refractivity contribution in [2.45, 2.75) is 19.4 Å². The van der Waals surface area contributed by atoms with Crippen molar-refractivity contribution in [1.82, 2.24) is 0 Å². The summed E-state index contributed by atoms with van der Waals surface area (Å²) < 4.78 is 0. The van der Waals surface area contributed by atoms with Crippen molar-refractivity contribution in [3.63, 3.8) is 0 Å². The van der Waals surface area contributed by atoms with Crippen LogP contribution >= 0.6 is 0 Å². The van der Waals surface area contributed by atoms with E-state index in [1.54, 1.807) is 17.0 Å². The third-order valence-electron chi connectivity index (χ3n) is 5.54. The Morgan fingerprint density at radius 2 is 1.26 bits per heavy atom. The minimum Gasteiger partial charge on any atom is -0.545 e. The van der Waals surface area contributed by atoms with Crippen LogP contribution in [0.15, 0.2) is 109 Å². The summed E-state index contributed by atoms with van der Waals surface area (Å²) >= 11 is 0. The van der Waals surface area contributed by atoms with Crippen LogP contribution in [-0.2, 0) is 17.8 Å². The Morgan fingerprint density at radius 1 is 0.676 bits per heavy atom. The number of benzene rings is 4. The Morgan fingerprint density at radius 3 is 1.94 bits per heavy atom. The molecular weight excluding hydrogens is 433 g/mol. The van der Waals surface area contributed by atoms with E-state index in [1.807, 2.05) is 91.0 Å². The first-order chi connectivity index (χ1) is 16.1. The van der Waals surface area contributed by atoms with Gasteiger partial charge in [0.25, 0.3) is 0 Å². The number of amides is 1. The Balaban J connectivity index is 0.00000324. The van der Waals surface area contributed by atoms with Crippen LogP contribution in [0.2, 0.25) is 0 Å². The standard InChI is InChI=1S/C29H25NO3.Na/c31-28(18-17-22-9-3-1-4-10-22)30(27-15-5-2-6-16-27)21-23-11-7-12-24(19-23)25-13-8-14-26(20-25)29(32)33;/h1-16,19-20H,17-18,21H2,(H,32,33);/q;+1/p-1. The van der Waals surface area contributed by atoms with E-state index in [9.17, 15) is 14.7 Å². The van der Waals surface area contributed by atoms with Crippen LogP contribution in [0.1, 0.15) is 27.9 Å². The molecule has 0 fully saturated rings. The van der Waals surface area contributed by atoms with Crippen LogP contribution in [0.3, 0.4) is 0 Å². The summed E-state index contributed by atoms with van der Waals surface area (Å²) in [6.07, 6.45) is 1.09. The molecule has 4 aromatic rings. The van der Waals surface area contributed by atoms with E-state index in [0.29, 0.717) is 19.4 Å². The second kappa shape index (κ2) is 12.3. The molecule has 4 rings (SSSR count). The number of para-hydroxylation sites is 1. The van der Waals surface area contributed by atoms with Gasteiger partial charge in [0, 0.05) is 12.1 Å². The van der Waals surface area contributed by atoms with Crippen molar-refractivity contribution in [3.8, 4) is 11.1 Å². The average molecular weight is 458 g/mol. The van der Waals surface area contributed by atoms with Crippen LogP contribution in [0.25, 0.3) is 11.1 Å². The van der Waals surface area contributed by atoms with Gasteiger partial charge in [-0.25, -0.2) is 0 Å². The van der Waals surface area contributed by atoms with E-state index in [4.69, 9.17) is 0 Å². The zero-order chi connectivity index (χ0) is 23.0. The monoisotopic (exact) mass is 457 g/mol. The van der Waals surface area contributed by atoms with Crippen LogP contribution in [0, 0.1) is 0 Å². The van der Waals surface area contributed by atoms with Gasteiger partial charge in [-0.1, -0.05) is 84.9 Å². The van der Waals surface area contributed by atoms with Gasteiger partial charge in [-0.2, -0.15) is 0 Å². The van der Waals surface area contributed by atoms with Crippen molar-refractivity contribution < 1.29 is 44.3 Å². The van der Waals surface area contributed by atoms with Crippen LogP contribution < -0.4 is 39.6 Å². The summed E-state index contributed by atoms with van der Waals surface area (Å²) in [5.41, 5.74) is 4.76. The maximum atomic E-state index is 13.2. The number of aromatic carboxylic acids is 1. The number of aryl methyl sites for hydroxylation is 1. The number of nitrogens with zero attached hydrogens (tertiary/aromatic N) is 1. The fourth-order valence-corrected chi connectivity index (χ4v) is 3.82. The summed E-state index contributed by atoms with van der Waals surface area (Å²) in [6, 6.07) is 34.2. The third-order valence-corrected chi connectivity index (χ3v) is 5.54. The van der Waals surface area contributed by atoms with Crippen LogP contribution in [-0.4, -0.2) is 11.9 Å². The van der Waals surface area contributed by atoms with Gasteiger partial charge < -0.3 is 14.8 Å². The maximum Gasteiger partial charge on any atom is 1.00 e. The summed E-state index contributed by atoms with van der Waals surface area (Å²) in [4.78, 5) is 26.3. The first-order valence-electron chi connectivity index (χ1n) is 10.9. The molecule has 164 valence electrons. The second-order valence-electron chi connectivity index (χ2n) is 7.87. The van der Waals surface area contributed by atoms with Gasteiger partial charge in [0.1, 0.15) is 0 Å². The molecule has 0 radical (unpaired) electrons. The van der Waals surface area contributed by atoms with Crippen molar-refractivity contribution in [3.05, 3.63) is 126 Å². The van der Waals surface area contributed by atoms with E-state index in [2.05, 4.69) is 0 Å². The molecule has 4 nitrogen and oxygen atoms in total. The minimum atomic E-state index is -1.20. The number of hydrogen-bond acceptors (Lipinski definition) is 3. The SMILES string of the molecule is O=C([O-])c1cccc(-c2cccc(CN(C(=O)CCc3ccccc3)c3ccccc3)c2)c1.[Na+]. The minimum absolute atomic E-state index is 0. The predicted molar refractivity (Wildman–Crippen MR) is 129 cm³/mol. The molecule has 0 saturated carbocycles. The topological polar surface area (TPSA) is 60.4 Å². The summed E-state index contributed by atoms with van der Waals surface area (Å²) in [7, 11) is 0. The van der Waals surface area contributed by atoms with E-state index in [-0.39, 0.29) is 41.0 Å². The van der Waals surface area contributed by atoms with Gasteiger partial charge in [0.15, 0.2) is 0 Å². The zero-order valence-electron chi connectivity index (χ0n) is 19.2. The average Bonchev–Trinajstić information content (AvgIpc) is 2.87. The van der Waals surface area contributed by atoms with Crippen molar-refractivity contribution in [2.75, 3.05) is 4.90 Å². The fraction of sp³-hybridized carbons (Fsp3) is 0.103. The van der Waals surface area contributed by atoms with E-state index < -0.39 is 5.97 Å². The molecule has 0 aliphatic heterocycles. The molecule has 4 aromatic carbocycles. The quantitative estimate of drug-likeness (QED) is 0.380. The van der Waals surface area contributed by atoms with E-state index >= 15 is 0 Å². The normalized spacial score (nSPS) is 10.2. The third kappa shape index (κ3) is 6.67. The molecule has 0 unspecified atom stereocenters. The molecule has 0 spiro atoms. The number of rotatable bonds is 8. The number of hydrogen-bond donors (Lipinski definition) is 0. The van der Waals surface area contributed by atoms with Crippen molar-refractivity contribution >= 4 is 17.6 Å². The largest absolute Gasteiger partial charge is 1.00 e. The first kappa shape index (κ1) is 25.4. The molecule has 0 saturated heterocycles. The molecule has 1 amide bonds. The number of carboxylic acids is 1. The Kier molecular flexibility index (Phi) is 9.23. The molecule has 0 aliphatic carbocycles.